The number of aromatic nitrogens is 1. The van der Waals surface area contributed by atoms with Gasteiger partial charge in [-0.25, -0.2) is 4.98 Å². The van der Waals surface area contributed by atoms with Gasteiger partial charge in [-0.15, -0.1) is 0 Å². The van der Waals surface area contributed by atoms with E-state index in [9.17, 15) is 4.79 Å². The van der Waals surface area contributed by atoms with Crippen molar-refractivity contribution in [3.63, 3.8) is 0 Å². The Balaban J connectivity index is 1.74. The third-order valence-electron chi connectivity index (χ3n) is 3.92. The topological polar surface area (TPSA) is 83.3 Å². The summed E-state index contributed by atoms with van der Waals surface area (Å²) in [6.45, 7) is 3.93. The fourth-order valence-electron chi connectivity index (χ4n) is 2.64. The van der Waals surface area contributed by atoms with Gasteiger partial charge < -0.3 is 21.3 Å². The van der Waals surface area contributed by atoms with E-state index in [1.54, 1.807) is 12.3 Å². The number of hydrogen-bond acceptors (Lipinski definition) is 5. The molecular formula is C17H20ClN5O. The van der Waals surface area contributed by atoms with Gasteiger partial charge in [-0.3, -0.25) is 4.79 Å². The molecule has 2 aromatic rings. The summed E-state index contributed by atoms with van der Waals surface area (Å²) in [7, 11) is 0. The van der Waals surface area contributed by atoms with E-state index >= 15 is 0 Å². The van der Waals surface area contributed by atoms with Gasteiger partial charge in [0.15, 0.2) is 0 Å². The summed E-state index contributed by atoms with van der Waals surface area (Å²) in [4.78, 5) is 18.9. The van der Waals surface area contributed by atoms with E-state index in [2.05, 4.69) is 20.5 Å². The van der Waals surface area contributed by atoms with Gasteiger partial charge in [0.25, 0.3) is 5.91 Å². The number of carbonyl (C=O) groups is 1. The number of amides is 1. The third kappa shape index (κ3) is 3.84. The van der Waals surface area contributed by atoms with Crippen molar-refractivity contribution in [2.45, 2.75) is 6.54 Å². The highest BCUT2D eigenvalue weighted by molar-refractivity contribution is 6.33. The zero-order valence-corrected chi connectivity index (χ0v) is 14.0. The van der Waals surface area contributed by atoms with Crippen LogP contribution in [0.1, 0.15) is 15.9 Å². The summed E-state index contributed by atoms with van der Waals surface area (Å²) in [5.74, 6) is 0.477. The molecule has 2 heterocycles. The predicted octanol–water partition coefficient (Wildman–Crippen LogP) is 1.86. The second kappa shape index (κ2) is 7.61. The van der Waals surface area contributed by atoms with Crippen molar-refractivity contribution in [2.75, 3.05) is 36.4 Å². The lowest BCUT2D eigenvalue weighted by Crippen LogP contribution is -2.44. The van der Waals surface area contributed by atoms with Gasteiger partial charge in [0.1, 0.15) is 5.82 Å². The van der Waals surface area contributed by atoms with Gasteiger partial charge >= 0.3 is 0 Å². The van der Waals surface area contributed by atoms with Crippen LogP contribution in [-0.2, 0) is 6.54 Å². The van der Waals surface area contributed by atoms with Gasteiger partial charge in [-0.2, -0.15) is 0 Å². The van der Waals surface area contributed by atoms with Crippen molar-refractivity contribution in [3.05, 3.63) is 52.7 Å². The summed E-state index contributed by atoms with van der Waals surface area (Å²) < 4.78 is 0. The Morgan fingerprint density at radius 1 is 1.33 bits per heavy atom. The van der Waals surface area contributed by atoms with Crippen LogP contribution in [-0.4, -0.2) is 37.1 Å². The molecule has 0 atom stereocenters. The Bertz CT molecular complexity index is 731. The maximum absolute atomic E-state index is 12.4. The van der Waals surface area contributed by atoms with E-state index in [4.69, 9.17) is 17.3 Å². The highest BCUT2D eigenvalue weighted by Crippen LogP contribution is 2.25. The molecule has 24 heavy (non-hydrogen) atoms. The van der Waals surface area contributed by atoms with Crippen LogP contribution in [0, 0.1) is 0 Å². The second-order valence-corrected chi connectivity index (χ2v) is 6.03. The largest absolute Gasteiger partial charge is 0.353 e. The Kier molecular flexibility index (Phi) is 5.30. The number of nitrogens with one attached hydrogen (secondary N) is 2. The minimum Gasteiger partial charge on any atom is -0.353 e. The Morgan fingerprint density at radius 2 is 2.12 bits per heavy atom. The van der Waals surface area contributed by atoms with Gasteiger partial charge in [0.05, 0.1) is 10.6 Å². The zero-order chi connectivity index (χ0) is 16.9. The first-order chi connectivity index (χ1) is 11.7. The first-order valence-corrected chi connectivity index (χ1v) is 8.27. The van der Waals surface area contributed by atoms with E-state index in [0.29, 0.717) is 22.8 Å². The van der Waals surface area contributed by atoms with Crippen LogP contribution in [0.3, 0.4) is 0 Å². The number of rotatable bonds is 4. The van der Waals surface area contributed by atoms with Gasteiger partial charge in [-0.05, 0) is 23.8 Å². The molecule has 1 fully saturated rings. The Hall–Kier alpha value is -2.15. The van der Waals surface area contributed by atoms with Gasteiger partial charge in [0, 0.05) is 44.6 Å². The molecule has 7 heteroatoms. The molecule has 0 spiro atoms. The number of piperazine rings is 1. The number of benzene rings is 1. The number of nitrogens with zero attached hydrogens (tertiary/aromatic N) is 2. The predicted molar refractivity (Wildman–Crippen MR) is 96.6 cm³/mol. The van der Waals surface area contributed by atoms with Crippen molar-refractivity contribution in [1.82, 2.24) is 10.3 Å². The normalized spacial score (nSPS) is 14.5. The van der Waals surface area contributed by atoms with Crippen molar-refractivity contribution in [1.29, 1.82) is 0 Å². The number of nitrogens with two attached hydrogens (primary N) is 1. The maximum atomic E-state index is 12.4. The summed E-state index contributed by atoms with van der Waals surface area (Å²) in [5, 5.41) is 6.61. The highest BCUT2D eigenvalue weighted by Gasteiger charge is 2.17. The first-order valence-electron chi connectivity index (χ1n) is 7.89. The van der Waals surface area contributed by atoms with Crippen molar-refractivity contribution < 1.29 is 4.79 Å². The molecule has 1 aliphatic rings. The fourth-order valence-corrected chi connectivity index (χ4v) is 2.93. The summed E-state index contributed by atoms with van der Waals surface area (Å²) in [5.41, 5.74) is 7.70. The van der Waals surface area contributed by atoms with Gasteiger partial charge in [-0.1, -0.05) is 23.7 Å². The highest BCUT2D eigenvalue weighted by atomic mass is 35.5. The van der Waals surface area contributed by atoms with Crippen LogP contribution < -0.4 is 21.3 Å². The SMILES string of the molecule is NCc1cccc(NC(=O)c2cnc(N3CCNCC3)c(Cl)c2)c1. The molecule has 0 radical (unpaired) electrons. The molecule has 0 saturated carbocycles. The van der Waals surface area contributed by atoms with Gasteiger partial charge in [0.2, 0.25) is 0 Å². The van der Waals surface area contributed by atoms with Crippen molar-refractivity contribution in [3.8, 4) is 0 Å². The lowest BCUT2D eigenvalue weighted by atomic mass is 10.2. The van der Waals surface area contributed by atoms with Crippen LogP contribution >= 0.6 is 11.6 Å². The molecule has 0 bridgehead atoms. The van der Waals surface area contributed by atoms with Crippen molar-refractivity contribution in [2.24, 2.45) is 5.73 Å². The Morgan fingerprint density at radius 3 is 2.83 bits per heavy atom. The number of hydrogen-bond donors (Lipinski definition) is 3. The second-order valence-electron chi connectivity index (χ2n) is 5.63. The summed E-state index contributed by atoms with van der Waals surface area (Å²) in [6.07, 6.45) is 1.56. The minimum absolute atomic E-state index is 0.245. The third-order valence-corrected chi connectivity index (χ3v) is 4.20. The van der Waals surface area contributed by atoms with Crippen molar-refractivity contribution >= 4 is 29.0 Å². The molecule has 0 aliphatic carbocycles. The summed E-state index contributed by atoms with van der Waals surface area (Å²) >= 11 is 6.34. The van der Waals surface area contributed by atoms with E-state index < -0.39 is 0 Å². The average Bonchev–Trinajstić information content (AvgIpc) is 2.62. The van der Waals surface area contributed by atoms with E-state index in [0.717, 1.165) is 37.6 Å². The standard InChI is InChI=1S/C17H20ClN5O/c18-15-9-13(11-21-16(15)23-6-4-20-5-7-23)17(24)22-14-3-1-2-12(8-14)10-19/h1-3,8-9,11,20H,4-7,10,19H2,(H,22,24). The Labute approximate surface area is 146 Å². The number of carbonyl (C=O) groups excluding carboxylic acids is 1. The zero-order valence-electron chi connectivity index (χ0n) is 13.3. The lowest BCUT2D eigenvalue weighted by Gasteiger charge is -2.29. The molecule has 6 nitrogen and oxygen atoms in total. The van der Waals surface area contributed by atoms with Crippen LogP contribution in [0.2, 0.25) is 5.02 Å². The van der Waals surface area contributed by atoms with Crippen LogP contribution in [0.25, 0.3) is 0 Å². The maximum Gasteiger partial charge on any atom is 0.257 e. The molecule has 3 rings (SSSR count). The molecule has 0 unspecified atom stereocenters. The van der Waals surface area contributed by atoms with E-state index in [1.165, 1.54) is 0 Å². The molecule has 1 amide bonds. The monoisotopic (exact) mass is 345 g/mol. The lowest BCUT2D eigenvalue weighted by molar-refractivity contribution is 0.102. The molecule has 1 aromatic carbocycles. The van der Waals surface area contributed by atoms with Crippen LogP contribution in [0.15, 0.2) is 36.5 Å². The number of pyridine rings is 1. The fraction of sp³-hybridized carbons (Fsp3) is 0.294. The molecule has 4 N–H and O–H groups in total. The van der Waals surface area contributed by atoms with Crippen LogP contribution in [0.5, 0.6) is 0 Å². The number of halogens is 1. The molecule has 1 aliphatic heterocycles. The molecule has 1 aromatic heterocycles. The first kappa shape index (κ1) is 16.7. The van der Waals surface area contributed by atoms with E-state index in [1.807, 2.05) is 24.3 Å². The van der Waals surface area contributed by atoms with Crippen LogP contribution in [0.4, 0.5) is 11.5 Å². The smallest absolute Gasteiger partial charge is 0.257 e. The molecule has 126 valence electrons. The summed E-state index contributed by atoms with van der Waals surface area (Å²) in [6, 6.07) is 9.10. The number of anilines is 2. The minimum atomic E-state index is -0.245. The van der Waals surface area contributed by atoms with E-state index in [-0.39, 0.29) is 5.91 Å². The molecular weight excluding hydrogens is 326 g/mol. The quantitative estimate of drug-likeness (QED) is 0.787. The molecule has 1 saturated heterocycles. The average molecular weight is 346 g/mol.